The second-order valence-electron chi connectivity index (χ2n) is 10.3. The summed E-state index contributed by atoms with van der Waals surface area (Å²) in [6.07, 6.45) is -2.66. The first-order valence-corrected chi connectivity index (χ1v) is 14.4. The van der Waals surface area contributed by atoms with Crippen LogP contribution < -0.4 is 15.6 Å². The highest BCUT2D eigenvalue weighted by molar-refractivity contribution is 6.31. The predicted molar refractivity (Wildman–Crippen MR) is 165 cm³/mol. The molecule has 0 saturated carbocycles. The summed E-state index contributed by atoms with van der Waals surface area (Å²) in [5.74, 6) is -1.24. The van der Waals surface area contributed by atoms with E-state index in [0.29, 0.717) is 6.20 Å². The van der Waals surface area contributed by atoms with Gasteiger partial charge in [-0.2, -0.15) is 18.4 Å². The molecule has 1 atom stereocenters. The Morgan fingerprint density at radius 2 is 1.79 bits per heavy atom. The van der Waals surface area contributed by atoms with Crippen LogP contribution in [0.2, 0.25) is 5.02 Å². The number of aromatic nitrogens is 8. The molecule has 0 bridgehead atoms. The number of benzene rings is 3. The van der Waals surface area contributed by atoms with Gasteiger partial charge in [0.1, 0.15) is 17.6 Å². The third kappa shape index (κ3) is 6.64. The molecule has 1 unspecified atom stereocenters. The Bertz CT molecular complexity index is 2150. The van der Waals surface area contributed by atoms with Crippen molar-refractivity contribution >= 4 is 23.2 Å². The van der Waals surface area contributed by atoms with Gasteiger partial charge in [0, 0.05) is 34.3 Å². The largest absolute Gasteiger partial charge is 0.495 e. The first-order valence-electron chi connectivity index (χ1n) is 14.0. The van der Waals surface area contributed by atoms with Gasteiger partial charge in [0.15, 0.2) is 5.69 Å². The molecule has 0 fully saturated rings. The molecular formula is C31H22ClF4N9O3. The van der Waals surface area contributed by atoms with Crippen LogP contribution in [0.1, 0.15) is 17.3 Å². The van der Waals surface area contributed by atoms with Gasteiger partial charge in [-0.1, -0.05) is 47.1 Å². The van der Waals surface area contributed by atoms with Crippen LogP contribution in [0.5, 0.6) is 5.75 Å². The zero-order valence-electron chi connectivity index (χ0n) is 24.6. The van der Waals surface area contributed by atoms with Crippen molar-refractivity contribution in [2.45, 2.75) is 18.6 Å². The number of alkyl halides is 3. The van der Waals surface area contributed by atoms with Crippen LogP contribution in [0.15, 0.2) is 90.0 Å². The number of H-pyrrole nitrogens is 1. The average Bonchev–Trinajstić information content (AvgIpc) is 3.78. The van der Waals surface area contributed by atoms with E-state index in [9.17, 15) is 27.2 Å². The average molecular weight is 680 g/mol. The number of amides is 1. The highest BCUT2D eigenvalue weighted by Crippen LogP contribution is 2.36. The second kappa shape index (κ2) is 13.1. The molecule has 12 nitrogen and oxygen atoms in total. The molecule has 0 radical (unpaired) electrons. The SMILES string of the molecule is COc1cn(C(Cc2ccccc2)C(=O)Nc2ccc(-c3nn[nH]n3)c(F)c2)c(=O)cc1-c1cc(Cl)ccc1-n1cc(C(F)(F)F)nn1. The number of ether oxygens (including phenoxy) is 1. The number of tetrazole rings is 1. The molecule has 0 aliphatic heterocycles. The van der Waals surface area contributed by atoms with Crippen LogP contribution in [-0.4, -0.2) is 53.2 Å². The summed E-state index contributed by atoms with van der Waals surface area (Å²) in [4.78, 5) is 27.6. The first-order chi connectivity index (χ1) is 23.0. The summed E-state index contributed by atoms with van der Waals surface area (Å²) < 4.78 is 62.5. The van der Waals surface area contributed by atoms with Crippen molar-refractivity contribution < 1.29 is 27.1 Å². The molecule has 6 rings (SSSR count). The summed E-state index contributed by atoms with van der Waals surface area (Å²) in [5, 5.41) is 22.9. The summed E-state index contributed by atoms with van der Waals surface area (Å²) >= 11 is 6.27. The number of carbonyl (C=O) groups is 1. The quantitative estimate of drug-likeness (QED) is 0.190. The van der Waals surface area contributed by atoms with Crippen molar-refractivity contribution in [2.75, 3.05) is 12.4 Å². The van der Waals surface area contributed by atoms with Crippen molar-refractivity contribution in [3.63, 3.8) is 0 Å². The van der Waals surface area contributed by atoms with E-state index < -0.39 is 35.2 Å². The fourth-order valence-corrected chi connectivity index (χ4v) is 5.18. The van der Waals surface area contributed by atoms with Gasteiger partial charge in [0.2, 0.25) is 11.7 Å². The standard InChI is InChI=1S/C31H22ClF4N9O3/c1-48-26-15-44(28(46)14-22(26)21-12-18(32)7-10-24(21)45-16-27(38-43-45)31(34,35)36)25(11-17-5-3-2-4-6-17)30(47)37-19-8-9-20(23(33)13-19)29-39-41-42-40-29/h2-10,12-16,25H,11H2,1H3,(H,37,47)(H,39,40,41,42). The lowest BCUT2D eigenvalue weighted by Gasteiger charge is -2.22. The zero-order chi connectivity index (χ0) is 34.0. The normalized spacial score (nSPS) is 12.1. The van der Waals surface area contributed by atoms with E-state index in [4.69, 9.17) is 16.3 Å². The van der Waals surface area contributed by atoms with E-state index in [1.807, 2.05) is 0 Å². The number of carbonyl (C=O) groups excluding carboxylic acids is 1. The van der Waals surface area contributed by atoms with Crippen molar-refractivity contribution in [1.82, 2.24) is 40.2 Å². The number of anilines is 1. The van der Waals surface area contributed by atoms with Crippen LogP contribution in [0, 0.1) is 5.82 Å². The number of pyridine rings is 1. The number of methoxy groups -OCH3 is 1. The lowest BCUT2D eigenvalue weighted by atomic mass is 10.0. The van der Waals surface area contributed by atoms with Crippen molar-refractivity contribution in [3.05, 3.63) is 118 Å². The van der Waals surface area contributed by atoms with E-state index in [1.165, 1.54) is 49.7 Å². The maximum Gasteiger partial charge on any atom is 0.436 e. The fraction of sp³-hybridized carbons (Fsp3) is 0.129. The molecule has 3 aromatic heterocycles. The smallest absolute Gasteiger partial charge is 0.436 e. The molecular weight excluding hydrogens is 658 g/mol. The molecule has 6 aromatic rings. The minimum atomic E-state index is -4.74. The number of hydrogen-bond donors (Lipinski definition) is 2. The van der Waals surface area contributed by atoms with Gasteiger partial charge in [-0.25, -0.2) is 9.07 Å². The summed E-state index contributed by atoms with van der Waals surface area (Å²) in [5.41, 5.74) is -0.487. The van der Waals surface area contributed by atoms with Crippen molar-refractivity contribution in [2.24, 2.45) is 0 Å². The summed E-state index contributed by atoms with van der Waals surface area (Å²) in [7, 11) is 1.33. The van der Waals surface area contributed by atoms with Gasteiger partial charge >= 0.3 is 6.18 Å². The van der Waals surface area contributed by atoms with E-state index in [2.05, 4.69) is 36.3 Å². The molecule has 48 heavy (non-hydrogen) atoms. The fourth-order valence-electron chi connectivity index (χ4n) is 5.01. The Labute approximate surface area is 272 Å². The molecule has 1 amide bonds. The maximum absolute atomic E-state index is 14.9. The van der Waals surface area contributed by atoms with Gasteiger partial charge in [-0.3, -0.25) is 14.2 Å². The Hall–Kier alpha value is -5.90. The number of aromatic amines is 1. The molecule has 3 aromatic carbocycles. The molecule has 3 heterocycles. The topological polar surface area (TPSA) is 146 Å². The highest BCUT2D eigenvalue weighted by Gasteiger charge is 2.35. The molecule has 0 aliphatic carbocycles. The number of hydrogen-bond acceptors (Lipinski definition) is 8. The lowest BCUT2D eigenvalue weighted by molar-refractivity contribution is -0.141. The first kappa shape index (κ1) is 32.1. The Morgan fingerprint density at radius 1 is 1.00 bits per heavy atom. The highest BCUT2D eigenvalue weighted by atomic mass is 35.5. The van der Waals surface area contributed by atoms with Crippen LogP contribution in [0.4, 0.5) is 23.2 Å². The third-order valence-electron chi connectivity index (χ3n) is 7.28. The van der Waals surface area contributed by atoms with Crippen molar-refractivity contribution in [1.29, 1.82) is 0 Å². The molecule has 2 N–H and O–H groups in total. The minimum absolute atomic E-state index is 0.0264. The van der Waals surface area contributed by atoms with Crippen LogP contribution >= 0.6 is 11.6 Å². The van der Waals surface area contributed by atoms with Gasteiger partial charge in [0.25, 0.3) is 5.56 Å². The summed E-state index contributed by atoms with van der Waals surface area (Å²) in [6, 6.07) is 17.2. The predicted octanol–water partition coefficient (Wildman–Crippen LogP) is 5.52. The second-order valence-corrected chi connectivity index (χ2v) is 10.8. The summed E-state index contributed by atoms with van der Waals surface area (Å²) in [6.45, 7) is 0. The number of halogens is 5. The Morgan fingerprint density at radius 3 is 2.46 bits per heavy atom. The number of nitrogens with one attached hydrogen (secondary N) is 2. The monoisotopic (exact) mass is 679 g/mol. The van der Waals surface area contributed by atoms with E-state index in [1.54, 1.807) is 30.3 Å². The minimum Gasteiger partial charge on any atom is -0.495 e. The maximum atomic E-state index is 14.9. The Balaban J connectivity index is 1.40. The van der Waals surface area contributed by atoms with Gasteiger partial charge < -0.3 is 10.1 Å². The third-order valence-corrected chi connectivity index (χ3v) is 7.51. The lowest BCUT2D eigenvalue weighted by Crippen LogP contribution is -2.34. The number of rotatable bonds is 9. The van der Waals surface area contributed by atoms with Gasteiger partial charge in [-0.05, 0) is 47.2 Å². The molecule has 0 spiro atoms. The van der Waals surface area contributed by atoms with Gasteiger partial charge in [-0.15, -0.1) is 15.3 Å². The van der Waals surface area contributed by atoms with Crippen molar-refractivity contribution in [3.8, 4) is 34.0 Å². The molecule has 17 heteroatoms. The van der Waals surface area contributed by atoms with Gasteiger partial charge in [0.05, 0.1) is 30.8 Å². The Kier molecular flexibility index (Phi) is 8.73. The number of nitrogens with zero attached hydrogens (tertiary/aromatic N) is 7. The molecule has 244 valence electrons. The zero-order valence-corrected chi connectivity index (χ0v) is 25.4. The molecule has 0 saturated heterocycles. The van der Waals surface area contributed by atoms with E-state index in [0.717, 1.165) is 20.9 Å². The van der Waals surface area contributed by atoms with E-state index >= 15 is 0 Å². The van der Waals surface area contributed by atoms with Crippen LogP contribution in [0.3, 0.4) is 0 Å². The van der Waals surface area contributed by atoms with Crippen LogP contribution in [0.25, 0.3) is 28.2 Å². The molecule has 0 aliphatic rings. The van der Waals surface area contributed by atoms with Crippen LogP contribution in [-0.2, 0) is 17.4 Å². The van der Waals surface area contributed by atoms with E-state index in [-0.39, 0.29) is 51.1 Å².